The third-order valence-electron chi connectivity index (χ3n) is 4.32. The van der Waals surface area contributed by atoms with Crippen molar-refractivity contribution in [3.63, 3.8) is 0 Å². The van der Waals surface area contributed by atoms with Crippen molar-refractivity contribution in [1.29, 1.82) is 0 Å². The van der Waals surface area contributed by atoms with E-state index < -0.39 is 5.97 Å². The first-order valence-corrected chi connectivity index (χ1v) is 12.0. The van der Waals surface area contributed by atoms with Crippen LogP contribution < -0.4 is 4.74 Å². The number of ether oxygens (including phenoxy) is 2. The number of halogens is 4. The van der Waals surface area contributed by atoms with Gasteiger partial charge in [-0.3, -0.25) is 0 Å². The highest BCUT2D eigenvalue weighted by Crippen LogP contribution is 2.31. The molecular weight excluding hydrogens is 691 g/mol. The number of aliphatic imine (C=N–C) groups is 1. The average molecular weight is 704 g/mol. The number of nitrogens with zero attached hydrogens (tertiary/aromatic N) is 1. The van der Waals surface area contributed by atoms with Crippen molar-refractivity contribution in [3.05, 3.63) is 100 Å². The van der Waals surface area contributed by atoms with E-state index in [0.29, 0.717) is 11.3 Å². The molecular formula is C23H13BrFI2NO3. The summed E-state index contributed by atoms with van der Waals surface area (Å²) in [7, 11) is 0. The Bertz CT molecular complexity index is 1220. The third kappa shape index (κ3) is 5.35. The van der Waals surface area contributed by atoms with E-state index in [2.05, 4.69) is 66.1 Å². The van der Waals surface area contributed by atoms with Gasteiger partial charge in [0.05, 0.1) is 12.7 Å². The maximum Gasteiger partial charge on any atom is 0.363 e. The summed E-state index contributed by atoms with van der Waals surface area (Å²) in [6.45, 7) is 0.260. The van der Waals surface area contributed by atoms with Crippen LogP contribution in [0.15, 0.2) is 75.8 Å². The summed E-state index contributed by atoms with van der Waals surface area (Å²) in [6, 6.07) is 17.5. The molecule has 3 aromatic carbocycles. The van der Waals surface area contributed by atoms with Gasteiger partial charge in [0.15, 0.2) is 5.70 Å². The second kappa shape index (κ2) is 9.78. The van der Waals surface area contributed by atoms with Crippen LogP contribution in [-0.4, -0.2) is 11.9 Å². The normalized spacial score (nSPS) is 14.5. The fourth-order valence-corrected chi connectivity index (χ4v) is 5.48. The molecule has 1 aliphatic heterocycles. The number of carbonyl (C=O) groups is 1. The minimum absolute atomic E-state index is 0.228. The predicted molar refractivity (Wildman–Crippen MR) is 137 cm³/mol. The Morgan fingerprint density at radius 3 is 2.52 bits per heavy atom. The van der Waals surface area contributed by atoms with Crippen LogP contribution in [0.1, 0.15) is 16.7 Å². The summed E-state index contributed by atoms with van der Waals surface area (Å²) in [6.07, 6.45) is 1.69. The fourth-order valence-electron chi connectivity index (χ4n) is 2.90. The summed E-state index contributed by atoms with van der Waals surface area (Å²) in [4.78, 5) is 16.7. The molecule has 4 nitrogen and oxygen atoms in total. The van der Waals surface area contributed by atoms with Crippen LogP contribution in [0.2, 0.25) is 0 Å². The number of carbonyl (C=O) groups excluding carboxylic acids is 1. The van der Waals surface area contributed by atoms with E-state index in [1.165, 1.54) is 12.1 Å². The van der Waals surface area contributed by atoms with E-state index in [0.717, 1.165) is 22.7 Å². The molecule has 0 spiro atoms. The number of rotatable bonds is 5. The molecule has 0 fully saturated rings. The Hall–Kier alpha value is -1.79. The third-order valence-corrected chi connectivity index (χ3v) is 6.62. The van der Waals surface area contributed by atoms with Gasteiger partial charge in [-0.15, -0.1) is 0 Å². The Morgan fingerprint density at radius 1 is 1.06 bits per heavy atom. The molecule has 1 heterocycles. The summed E-state index contributed by atoms with van der Waals surface area (Å²) in [5.74, 6) is 0.183. The first-order chi connectivity index (χ1) is 14.9. The van der Waals surface area contributed by atoms with Crippen LogP contribution in [0, 0.1) is 13.0 Å². The molecule has 0 aliphatic carbocycles. The maximum atomic E-state index is 13.4. The minimum Gasteiger partial charge on any atom is -0.487 e. The molecule has 156 valence electrons. The minimum atomic E-state index is -0.498. The quantitative estimate of drug-likeness (QED) is 0.169. The lowest BCUT2D eigenvalue weighted by Gasteiger charge is -2.11. The average Bonchev–Trinajstić information content (AvgIpc) is 3.08. The first kappa shape index (κ1) is 22.4. The van der Waals surface area contributed by atoms with Gasteiger partial charge < -0.3 is 9.47 Å². The Morgan fingerprint density at radius 2 is 1.81 bits per heavy atom. The Balaban J connectivity index is 1.57. The van der Waals surface area contributed by atoms with E-state index in [4.69, 9.17) is 9.47 Å². The van der Waals surface area contributed by atoms with Crippen molar-refractivity contribution in [2.75, 3.05) is 0 Å². The van der Waals surface area contributed by atoms with E-state index in [9.17, 15) is 9.18 Å². The van der Waals surface area contributed by atoms with Crippen molar-refractivity contribution in [2.24, 2.45) is 4.99 Å². The van der Waals surface area contributed by atoms with Gasteiger partial charge in [-0.05, 0) is 115 Å². The molecule has 0 saturated heterocycles. The van der Waals surface area contributed by atoms with E-state index in [1.54, 1.807) is 12.1 Å². The zero-order valence-corrected chi connectivity index (χ0v) is 21.6. The summed E-state index contributed by atoms with van der Waals surface area (Å²) >= 11 is 7.81. The molecule has 0 amide bonds. The lowest BCUT2D eigenvalue weighted by atomic mass is 10.2. The summed E-state index contributed by atoms with van der Waals surface area (Å²) in [5.41, 5.74) is 2.49. The maximum absolute atomic E-state index is 13.4. The number of benzene rings is 3. The number of hydrogen-bond donors (Lipinski definition) is 0. The van der Waals surface area contributed by atoms with Gasteiger partial charge in [0, 0.05) is 4.47 Å². The van der Waals surface area contributed by atoms with Gasteiger partial charge in [0.1, 0.15) is 18.2 Å². The van der Waals surface area contributed by atoms with Crippen molar-refractivity contribution >= 4 is 79.1 Å². The van der Waals surface area contributed by atoms with E-state index in [1.807, 2.05) is 42.5 Å². The lowest BCUT2D eigenvalue weighted by Crippen LogP contribution is -2.05. The predicted octanol–water partition coefficient (Wildman–Crippen LogP) is 6.72. The van der Waals surface area contributed by atoms with Gasteiger partial charge in [-0.1, -0.05) is 24.3 Å². The molecule has 1 aliphatic rings. The molecule has 0 N–H and O–H groups in total. The molecule has 8 heteroatoms. The standard InChI is InChI=1S/C23H13BrFI2NO3/c24-17-7-2-1-6-16(17)22-28-20(23(29)31-22)11-14-9-18(26)21(19(27)10-14)30-12-13-4-3-5-15(25)8-13/h1-11H,12H2/b20-11-. The number of esters is 1. The first-order valence-electron chi connectivity index (χ1n) is 9.04. The Labute approximate surface area is 214 Å². The van der Waals surface area contributed by atoms with Crippen molar-refractivity contribution in [2.45, 2.75) is 6.61 Å². The molecule has 0 unspecified atom stereocenters. The largest absolute Gasteiger partial charge is 0.487 e. The Kier molecular flexibility index (Phi) is 7.07. The van der Waals surface area contributed by atoms with Crippen LogP contribution in [0.25, 0.3) is 6.08 Å². The second-order valence-corrected chi connectivity index (χ2v) is 9.73. The molecule has 0 atom stereocenters. The van der Waals surface area contributed by atoms with E-state index >= 15 is 0 Å². The highest BCUT2D eigenvalue weighted by molar-refractivity contribution is 14.1. The molecule has 31 heavy (non-hydrogen) atoms. The van der Waals surface area contributed by atoms with Gasteiger partial charge in [-0.2, -0.15) is 0 Å². The smallest absolute Gasteiger partial charge is 0.363 e. The van der Waals surface area contributed by atoms with Crippen LogP contribution in [0.5, 0.6) is 5.75 Å². The molecule has 0 bridgehead atoms. The van der Waals surface area contributed by atoms with Gasteiger partial charge in [-0.25, -0.2) is 14.2 Å². The highest BCUT2D eigenvalue weighted by atomic mass is 127. The van der Waals surface area contributed by atoms with Crippen LogP contribution in [0.4, 0.5) is 4.39 Å². The van der Waals surface area contributed by atoms with Crippen molar-refractivity contribution < 1.29 is 18.7 Å². The zero-order chi connectivity index (χ0) is 22.0. The number of hydrogen-bond acceptors (Lipinski definition) is 4. The highest BCUT2D eigenvalue weighted by Gasteiger charge is 2.25. The monoisotopic (exact) mass is 703 g/mol. The van der Waals surface area contributed by atoms with Gasteiger partial charge in [0.25, 0.3) is 0 Å². The molecule has 0 radical (unpaired) electrons. The molecule has 0 aromatic heterocycles. The van der Waals surface area contributed by atoms with Crippen LogP contribution >= 0.6 is 61.1 Å². The van der Waals surface area contributed by atoms with E-state index in [-0.39, 0.29) is 24.0 Å². The second-order valence-electron chi connectivity index (χ2n) is 6.55. The van der Waals surface area contributed by atoms with Crippen LogP contribution in [0.3, 0.4) is 0 Å². The van der Waals surface area contributed by atoms with Crippen LogP contribution in [-0.2, 0) is 16.1 Å². The molecule has 3 aromatic rings. The molecule has 0 saturated carbocycles. The lowest BCUT2D eigenvalue weighted by molar-refractivity contribution is -0.129. The summed E-state index contributed by atoms with van der Waals surface area (Å²) < 4.78 is 27.2. The van der Waals surface area contributed by atoms with Gasteiger partial charge in [0.2, 0.25) is 5.90 Å². The SMILES string of the molecule is O=C1OC(c2ccccc2Br)=N/C1=C\c1cc(I)c(OCc2cccc(F)c2)c(I)c1. The summed E-state index contributed by atoms with van der Waals surface area (Å²) in [5, 5.41) is 0. The van der Waals surface area contributed by atoms with Gasteiger partial charge >= 0.3 is 5.97 Å². The zero-order valence-electron chi connectivity index (χ0n) is 15.7. The van der Waals surface area contributed by atoms with Crippen molar-refractivity contribution in [1.82, 2.24) is 0 Å². The topological polar surface area (TPSA) is 47.9 Å². The van der Waals surface area contributed by atoms with Crippen molar-refractivity contribution in [3.8, 4) is 5.75 Å². The number of cyclic esters (lactones) is 1. The fraction of sp³-hybridized carbons (Fsp3) is 0.0435. The molecule has 4 rings (SSSR count).